The SMILES string of the molecule is COc1cc(Br)c([C@H](N)C2CCCC2)cc1OC. The second-order valence-corrected chi connectivity index (χ2v) is 5.65. The number of nitrogens with two attached hydrogens (primary N) is 1. The standard InChI is InChI=1S/C14H20BrNO2/c1-17-12-7-10(11(15)8-13(12)18-2)14(16)9-5-3-4-6-9/h7-9,14H,3-6,16H2,1-2H3/t14-/m1/s1. The zero-order valence-electron chi connectivity index (χ0n) is 10.9. The molecule has 0 aromatic heterocycles. The van der Waals surface area contributed by atoms with Gasteiger partial charge < -0.3 is 15.2 Å². The molecule has 0 radical (unpaired) electrons. The minimum absolute atomic E-state index is 0.0710. The molecule has 1 atom stereocenters. The quantitative estimate of drug-likeness (QED) is 0.922. The second kappa shape index (κ2) is 5.93. The Kier molecular flexibility index (Phi) is 4.51. The van der Waals surface area contributed by atoms with Crippen molar-refractivity contribution < 1.29 is 9.47 Å². The minimum atomic E-state index is 0.0710. The number of benzene rings is 1. The topological polar surface area (TPSA) is 44.5 Å². The summed E-state index contributed by atoms with van der Waals surface area (Å²) in [7, 11) is 3.29. The van der Waals surface area contributed by atoms with Crippen molar-refractivity contribution in [3.63, 3.8) is 0 Å². The first kappa shape index (κ1) is 13.7. The highest BCUT2D eigenvalue weighted by Crippen LogP contribution is 2.41. The van der Waals surface area contributed by atoms with Crippen LogP contribution < -0.4 is 15.2 Å². The van der Waals surface area contributed by atoms with Gasteiger partial charge in [-0.1, -0.05) is 28.8 Å². The van der Waals surface area contributed by atoms with E-state index < -0.39 is 0 Å². The lowest BCUT2D eigenvalue weighted by Gasteiger charge is -2.22. The first-order valence-corrected chi connectivity index (χ1v) is 7.13. The maximum atomic E-state index is 6.39. The predicted molar refractivity (Wildman–Crippen MR) is 76.1 cm³/mol. The molecule has 1 aromatic carbocycles. The summed E-state index contributed by atoms with van der Waals surface area (Å²) in [6, 6.07) is 4.00. The summed E-state index contributed by atoms with van der Waals surface area (Å²) in [6.07, 6.45) is 5.04. The van der Waals surface area contributed by atoms with Crippen LogP contribution in [0.15, 0.2) is 16.6 Å². The van der Waals surface area contributed by atoms with E-state index in [2.05, 4.69) is 15.9 Å². The van der Waals surface area contributed by atoms with E-state index in [1.54, 1.807) is 14.2 Å². The van der Waals surface area contributed by atoms with Gasteiger partial charge in [0.25, 0.3) is 0 Å². The first-order chi connectivity index (χ1) is 8.67. The molecular formula is C14H20BrNO2. The fraction of sp³-hybridized carbons (Fsp3) is 0.571. The summed E-state index contributed by atoms with van der Waals surface area (Å²) < 4.78 is 11.6. The molecule has 0 spiro atoms. The van der Waals surface area contributed by atoms with Gasteiger partial charge in [0.1, 0.15) is 0 Å². The average Bonchev–Trinajstić information content (AvgIpc) is 2.91. The molecule has 100 valence electrons. The van der Waals surface area contributed by atoms with Crippen molar-refractivity contribution in [1.82, 2.24) is 0 Å². The highest BCUT2D eigenvalue weighted by molar-refractivity contribution is 9.10. The largest absolute Gasteiger partial charge is 0.493 e. The molecule has 18 heavy (non-hydrogen) atoms. The summed E-state index contributed by atoms with van der Waals surface area (Å²) in [5.41, 5.74) is 7.50. The zero-order valence-corrected chi connectivity index (χ0v) is 12.5. The van der Waals surface area contributed by atoms with Crippen LogP contribution in [0.3, 0.4) is 0 Å². The fourth-order valence-corrected chi connectivity index (χ4v) is 3.28. The maximum Gasteiger partial charge on any atom is 0.161 e. The second-order valence-electron chi connectivity index (χ2n) is 4.80. The van der Waals surface area contributed by atoms with E-state index in [9.17, 15) is 0 Å². The fourth-order valence-electron chi connectivity index (χ4n) is 2.70. The summed E-state index contributed by atoms with van der Waals surface area (Å²) in [5.74, 6) is 2.05. The van der Waals surface area contributed by atoms with Crippen LogP contribution in [0.5, 0.6) is 11.5 Å². The number of ether oxygens (including phenoxy) is 2. The van der Waals surface area contributed by atoms with Gasteiger partial charge >= 0.3 is 0 Å². The summed E-state index contributed by atoms with van der Waals surface area (Å²) in [4.78, 5) is 0. The van der Waals surface area contributed by atoms with Crippen LogP contribution in [0.25, 0.3) is 0 Å². The highest BCUT2D eigenvalue weighted by Gasteiger charge is 2.25. The van der Waals surface area contributed by atoms with Crippen LogP contribution in [0.1, 0.15) is 37.3 Å². The van der Waals surface area contributed by atoms with E-state index >= 15 is 0 Å². The van der Waals surface area contributed by atoms with E-state index in [0.717, 1.165) is 21.5 Å². The summed E-state index contributed by atoms with van der Waals surface area (Å²) in [6.45, 7) is 0. The molecule has 0 heterocycles. The normalized spacial score (nSPS) is 17.8. The van der Waals surface area contributed by atoms with Gasteiger partial charge in [-0.3, -0.25) is 0 Å². The lowest BCUT2D eigenvalue weighted by atomic mass is 9.92. The molecule has 0 unspecified atom stereocenters. The van der Waals surface area contributed by atoms with Crippen molar-refractivity contribution in [2.75, 3.05) is 14.2 Å². The number of rotatable bonds is 4. The maximum absolute atomic E-state index is 6.39. The molecular weight excluding hydrogens is 294 g/mol. The van der Waals surface area contributed by atoms with Gasteiger partial charge in [0.15, 0.2) is 11.5 Å². The molecule has 0 bridgehead atoms. The first-order valence-electron chi connectivity index (χ1n) is 6.34. The molecule has 1 aliphatic rings. The molecule has 2 rings (SSSR count). The van der Waals surface area contributed by atoms with Crippen molar-refractivity contribution in [3.05, 3.63) is 22.2 Å². The van der Waals surface area contributed by atoms with Crippen molar-refractivity contribution in [1.29, 1.82) is 0 Å². The van der Waals surface area contributed by atoms with Crippen molar-refractivity contribution in [2.24, 2.45) is 11.7 Å². The molecule has 3 nitrogen and oxygen atoms in total. The third-order valence-electron chi connectivity index (χ3n) is 3.77. The third kappa shape index (κ3) is 2.64. The third-order valence-corrected chi connectivity index (χ3v) is 4.46. The number of hydrogen-bond donors (Lipinski definition) is 1. The zero-order chi connectivity index (χ0) is 13.1. The van der Waals surface area contributed by atoms with E-state index in [0.29, 0.717) is 5.92 Å². The highest BCUT2D eigenvalue weighted by atomic mass is 79.9. The molecule has 0 saturated heterocycles. The lowest BCUT2D eigenvalue weighted by molar-refractivity contribution is 0.352. The van der Waals surface area contributed by atoms with E-state index in [1.165, 1.54) is 25.7 Å². The Balaban J connectivity index is 2.31. The Morgan fingerprint density at radius 2 is 1.72 bits per heavy atom. The Morgan fingerprint density at radius 3 is 2.28 bits per heavy atom. The molecule has 0 amide bonds. The van der Waals surface area contributed by atoms with Crippen molar-refractivity contribution >= 4 is 15.9 Å². The Bertz CT molecular complexity index is 417. The molecule has 1 aromatic rings. The smallest absolute Gasteiger partial charge is 0.161 e. The van der Waals surface area contributed by atoms with Crippen LogP contribution in [0.4, 0.5) is 0 Å². The van der Waals surface area contributed by atoms with E-state index in [4.69, 9.17) is 15.2 Å². The van der Waals surface area contributed by atoms with Gasteiger partial charge in [-0.05, 0) is 36.5 Å². The molecule has 4 heteroatoms. The Labute approximate surface area is 117 Å². The Morgan fingerprint density at radius 1 is 1.17 bits per heavy atom. The lowest BCUT2D eigenvalue weighted by Crippen LogP contribution is -2.19. The Hall–Kier alpha value is -0.740. The van der Waals surface area contributed by atoms with Gasteiger partial charge in [0.2, 0.25) is 0 Å². The summed E-state index contributed by atoms with van der Waals surface area (Å²) in [5, 5.41) is 0. The molecule has 0 aliphatic heterocycles. The van der Waals surface area contributed by atoms with Crippen LogP contribution in [-0.4, -0.2) is 14.2 Å². The van der Waals surface area contributed by atoms with Gasteiger partial charge in [-0.2, -0.15) is 0 Å². The molecule has 2 N–H and O–H groups in total. The van der Waals surface area contributed by atoms with Gasteiger partial charge in [0.05, 0.1) is 14.2 Å². The molecule has 1 saturated carbocycles. The van der Waals surface area contributed by atoms with Gasteiger partial charge in [-0.25, -0.2) is 0 Å². The minimum Gasteiger partial charge on any atom is -0.493 e. The number of hydrogen-bond acceptors (Lipinski definition) is 3. The van der Waals surface area contributed by atoms with E-state index in [1.807, 2.05) is 12.1 Å². The van der Waals surface area contributed by atoms with Crippen molar-refractivity contribution in [2.45, 2.75) is 31.7 Å². The molecule has 1 aliphatic carbocycles. The van der Waals surface area contributed by atoms with Crippen molar-refractivity contribution in [3.8, 4) is 11.5 Å². The number of halogens is 1. The molecule has 1 fully saturated rings. The van der Waals surface area contributed by atoms with Gasteiger partial charge in [0, 0.05) is 10.5 Å². The average molecular weight is 314 g/mol. The van der Waals surface area contributed by atoms with Crippen LogP contribution in [-0.2, 0) is 0 Å². The summed E-state index contributed by atoms with van der Waals surface area (Å²) >= 11 is 3.58. The number of methoxy groups -OCH3 is 2. The van der Waals surface area contributed by atoms with Gasteiger partial charge in [-0.15, -0.1) is 0 Å². The van der Waals surface area contributed by atoms with Crippen LogP contribution in [0.2, 0.25) is 0 Å². The van der Waals surface area contributed by atoms with E-state index in [-0.39, 0.29) is 6.04 Å². The monoisotopic (exact) mass is 313 g/mol. The van der Waals surface area contributed by atoms with Crippen LogP contribution >= 0.6 is 15.9 Å². The predicted octanol–water partition coefficient (Wildman–Crippen LogP) is 3.66. The van der Waals surface area contributed by atoms with Crippen LogP contribution in [0, 0.1) is 5.92 Å².